The first-order chi connectivity index (χ1) is 33.4. The van der Waals surface area contributed by atoms with Crippen molar-refractivity contribution in [1.82, 2.24) is 29.4 Å². The molecule has 10 rings (SSSR count). The molecule has 2 aliphatic rings. The molecule has 0 radical (unpaired) electrons. The molecule has 6 aromatic heterocycles. The van der Waals surface area contributed by atoms with Gasteiger partial charge in [-0.05, 0) is 99.6 Å². The number of aliphatic carboxylic acids is 2. The second-order valence-corrected chi connectivity index (χ2v) is 19.1. The van der Waals surface area contributed by atoms with Crippen LogP contribution in [0.1, 0.15) is 85.4 Å². The van der Waals surface area contributed by atoms with Crippen molar-refractivity contribution in [3.63, 3.8) is 0 Å². The smallest absolute Gasteiger partial charge is 0.550 e. The van der Waals surface area contributed by atoms with Gasteiger partial charge in [-0.3, -0.25) is 14.8 Å². The van der Waals surface area contributed by atoms with Crippen LogP contribution in [0.25, 0.3) is 66.6 Å². The molecule has 0 saturated heterocycles. The summed E-state index contributed by atoms with van der Waals surface area (Å²) < 4.78 is 69.8. The van der Waals surface area contributed by atoms with Crippen molar-refractivity contribution in [3.05, 3.63) is 119 Å². The van der Waals surface area contributed by atoms with E-state index < -0.39 is 23.8 Å². The van der Waals surface area contributed by atoms with Crippen LogP contribution >= 0.6 is 0 Å². The summed E-state index contributed by atoms with van der Waals surface area (Å²) in [5, 5.41) is 28.1. The number of benzene rings is 2. The van der Waals surface area contributed by atoms with Gasteiger partial charge in [-0.15, -0.1) is 0 Å². The van der Waals surface area contributed by atoms with Gasteiger partial charge in [-0.2, -0.15) is 0 Å². The summed E-state index contributed by atoms with van der Waals surface area (Å²) in [6, 6.07) is 18.9. The Balaban J connectivity index is 0.000000188. The third-order valence-electron chi connectivity index (χ3n) is 13.9. The molecule has 2 saturated carbocycles. The minimum Gasteiger partial charge on any atom is -0.550 e. The summed E-state index contributed by atoms with van der Waals surface area (Å²) in [4.78, 5) is 31.6. The second-order valence-electron chi connectivity index (χ2n) is 19.1. The number of pyridine rings is 2. The molecule has 0 bridgehead atoms. The Morgan fingerprint density at radius 2 is 1.01 bits per heavy atom. The van der Waals surface area contributed by atoms with E-state index in [1.807, 2.05) is 82.7 Å². The summed E-state index contributed by atoms with van der Waals surface area (Å²) in [7, 11) is 0. The molecule has 0 aliphatic heterocycles. The molecule has 0 spiro atoms. The Bertz CT molecular complexity index is 2940. The third kappa shape index (κ3) is 11.5. The molecular formula is C54H53F4N6NaO6. The van der Waals surface area contributed by atoms with Crippen molar-refractivity contribution in [2.24, 2.45) is 11.8 Å². The molecule has 12 nitrogen and oxygen atoms in total. The topological polar surface area (TPSA) is 165 Å². The van der Waals surface area contributed by atoms with E-state index in [9.17, 15) is 32.3 Å². The summed E-state index contributed by atoms with van der Waals surface area (Å²) in [6.45, 7) is 8.77. The number of hydrogen-bond donors (Lipinski definition) is 1. The van der Waals surface area contributed by atoms with E-state index >= 15 is 0 Å². The maximum atomic E-state index is 13.7. The van der Waals surface area contributed by atoms with Crippen LogP contribution in [-0.2, 0) is 35.5 Å². The van der Waals surface area contributed by atoms with E-state index in [1.54, 1.807) is 18.3 Å². The predicted octanol–water partition coefficient (Wildman–Crippen LogP) is 8.52. The number of carbonyl (C=O) groups is 2. The zero-order valence-electron chi connectivity index (χ0n) is 40.4. The molecule has 71 heavy (non-hydrogen) atoms. The van der Waals surface area contributed by atoms with Crippen molar-refractivity contribution in [3.8, 4) is 44.5 Å². The maximum Gasteiger partial charge on any atom is 1.00 e. The Labute approximate surface area is 429 Å². The van der Waals surface area contributed by atoms with Crippen LogP contribution in [0.4, 0.5) is 17.6 Å². The van der Waals surface area contributed by atoms with Gasteiger partial charge in [0.25, 0.3) is 0 Å². The quantitative estimate of drug-likeness (QED) is 0.0927. The average molecular weight is 981 g/mol. The summed E-state index contributed by atoms with van der Waals surface area (Å²) >= 11 is 0. The zero-order valence-corrected chi connectivity index (χ0v) is 42.4. The number of hydrogen-bond acceptors (Lipinski definition) is 9. The van der Waals surface area contributed by atoms with Crippen LogP contribution in [0.15, 0.2) is 94.5 Å². The SMILES string of the molecule is Cc1noc(C)c1-c1cnc2c(-c3ccc(CC(=O)O)cc3)cn(CC3CCC(F)(F)CC3)c2c1.Cc1noc(C)c1-c1cnc2c(-c3ccc(CC(=O)[O-])cc3)cn(CC3CCC(F)(F)CC3)c2c1.[Na+]. The Morgan fingerprint density at radius 3 is 1.35 bits per heavy atom. The van der Waals surface area contributed by atoms with E-state index in [1.165, 1.54) is 0 Å². The van der Waals surface area contributed by atoms with Crippen molar-refractivity contribution in [2.45, 2.75) is 117 Å². The molecule has 364 valence electrons. The van der Waals surface area contributed by atoms with Crippen molar-refractivity contribution < 1.29 is 76.0 Å². The fraction of sp³-hybridized carbons (Fsp3) is 0.370. The van der Waals surface area contributed by atoms with E-state index in [4.69, 9.17) is 24.1 Å². The molecule has 0 atom stereocenters. The normalized spacial score (nSPS) is 15.9. The molecular weight excluding hydrogens is 928 g/mol. The average Bonchev–Trinajstić information content (AvgIpc) is 4.07. The van der Waals surface area contributed by atoms with Crippen LogP contribution in [-0.4, -0.2) is 58.3 Å². The first-order valence-electron chi connectivity index (χ1n) is 23.6. The summed E-state index contributed by atoms with van der Waals surface area (Å²) in [5.41, 5.74) is 13.6. The Hall–Kier alpha value is -6.10. The maximum absolute atomic E-state index is 13.7. The van der Waals surface area contributed by atoms with Gasteiger partial charge < -0.3 is 33.2 Å². The van der Waals surface area contributed by atoms with Gasteiger partial charge in [0, 0.05) is 109 Å². The van der Waals surface area contributed by atoms with Gasteiger partial charge in [-0.25, -0.2) is 17.6 Å². The van der Waals surface area contributed by atoms with E-state index in [0.717, 1.165) is 83.5 Å². The number of fused-ring (bicyclic) bond motifs is 2. The molecule has 2 aliphatic carbocycles. The molecule has 2 fully saturated rings. The molecule has 1 N–H and O–H groups in total. The number of aromatic nitrogens is 6. The second kappa shape index (κ2) is 20.9. The molecule has 17 heteroatoms. The number of nitrogens with zero attached hydrogens (tertiary/aromatic N) is 6. The van der Waals surface area contributed by atoms with Crippen molar-refractivity contribution in [2.75, 3.05) is 0 Å². The van der Waals surface area contributed by atoms with Gasteiger partial charge in [0.15, 0.2) is 0 Å². The van der Waals surface area contributed by atoms with Crippen molar-refractivity contribution in [1.29, 1.82) is 0 Å². The summed E-state index contributed by atoms with van der Waals surface area (Å²) in [5.74, 6) is -5.38. The largest absolute Gasteiger partial charge is 1.00 e. The minimum atomic E-state index is -2.56. The van der Waals surface area contributed by atoms with Gasteiger partial charge in [0.2, 0.25) is 11.8 Å². The van der Waals surface area contributed by atoms with Crippen LogP contribution in [0, 0.1) is 39.5 Å². The Morgan fingerprint density at radius 1 is 0.634 bits per heavy atom. The first kappa shape index (κ1) is 51.3. The van der Waals surface area contributed by atoms with Crippen LogP contribution in [0.5, 0.6) is 0 Å². The molecule has 6 heterocycles. The van der Waals surface area contributed by atoms with E-state index in [2.05, 4.69) is 31.6 Å². The molecule has 2 aromatic carbocycles. The van der Waals surface area contributed by atoms with E-state index in [-0.39, 0.29) is 79.9 Å². The molecule has 8 aromatic rings. The number of alkyl halides is 4. The van der Waals surface area contributed by atoms with Crippen LogP contribution < -0.4 is 34.7 Å². The van der Waals surface area contributed by atoms with Gasteiger partial charge in [0.05, 0.1) is 39.9 Å². The number of carboxylic acid groups (broad SMARTS) is 2. The van der Waals surface area contributed by atoms with Gasteiger partial charge in [-0.1, -0.05) is 58.8 Å². The monoisotopic (exact) mass is 980 g/mol. The molecule has 0 amide bonds. The number of carboxylic acids is 2. The fourth-order valence-corrected chi connectivity index (χ4v) is 10.2. The number of halogens is 4. The number of aryl methyl sites for hydroxylation is 4. The fourth-order valence-electron chi connectivity index (χ4n) is 10.2. The standard InChI is InChI=1S/2C27H27F2N3O3.Na/c2*1-16-25(17(2)35-31-16)21-12-23-26(30-13-21)22(20-5-3-18(4-6-20)11-24(33)34)15-32(23)14-19-7-9-27(28,29)10-8-19;/h2*3-6,12-13,15,19H,7-11,14H2,1-2H3,(H,33,34);/q;;+1/p-1. The first-order valence-corrected chi connectivity index (χ1v) is 23.6. The summed E-state index contributed by atoms with van der Waals surface area (Å²) in [6.07, 6.45) is 9.13. The zero-order chi connectivity index (χ0) is 49.5. The van der Waals surface area contributed by atoms with Gasteiger partial charge >= 0.3 is 35.5 Å². The number of rotatable bonds is 12. The number of carbonyl (C=O) groups excluding carboxylic acids is 1. The van der Waals surface area contributed by atoms with Gasteiger partial charge in [0.1, 0.15) is 11.5 Å². The third-order valence-corrected chi connectivity index (χ3v) is 13.9. The van der Waals surface area contributed by atoms with Crippen LogP contribution in [0.2, 0.25) is 0 Å². The van der Waals surface area contributed by atoms with Crippen molar-refractivity contribution >= 4 is 34.0 Å². The minimum absolute atomic E-state index is 0. The predicted molar refractivity (Wildman–Crippen MR) is 254 cm³/mol. The van der Waals surface area contributed by atoms with Crippen LogP contribution in [0.3, 0.4) is 0 Å². The Kier molecular flexibility index (Phi) is 15.1. The molecule has 0 unspecified atom stereocenters. The van der Waals surface area contributed by atoms with E-state index in [0.29, 0.717) is 55.9 Å².